The van der Waals surface area contributed by atoms with Crippen LogP contribution >= 0.6 is 0 Å². The Labute approximate surface area is 148 Å². The van der Waals surface area contributed by atoms with Crippen molar-refractivity contribution in [2.24, 2.45) is 5.92 Å². The number of hydrogen-bond acceptors (Lipinski definition) is 5. The molecule has 25 heavy (non-hydrogen) atoms. The maximum Gasteiger partial charge on any atom is 0.290 e. The maximum atomic E-state index is 12.2. The number of aromatic amines is 1. The number of nitrogens with one attached hydrogen (secondary N) is 2. The van der Waals surface area contributed by atoms with Gasteiger partial charge in [0.05, 0.1) is 6.54 Å². The van der Waals surface area contributed by atoms with E-state index in [1.807, 2.05) is 0 Å². The van der Waals surface area contributed by atoms with E-state index in [-0.39, 0.29) is 12.4 Å². The van der Waals surface area contributed by atoms with Gasteiger partial charge in [-0.2, -0.15) is 5.10 Å². The van der Waals surface area contributed by atoms with Crippen LogP contribution in [0.3, 0.4) is 0 Å². The molecule has 0 radical (unpaired) electrons. The van der Waals surface area contributed by atoms with Crippen molar-refractivity contribution in [3.63, 3.8) is 0 Å². The van der Waals surface area contributed by atoms with Crippen molar-refractivity contribution >= 4 is 12.4 Å². The van der Waals surface area contributed by atoms with Crippen molar-refractivity contribution in [3.05, 3.63) is 12.2 Å². The van der Waals surface area contributed by atoms with E-state index in [0.717, 1.165) is 38.3 Å². The average Bonchev–Trinajstić information content (AvgIpc) is 3.17. The highest BCUT2D eigenvalue weighted by atomic mass is 16.3. The van der Waals surface area contributed by atoms with Crippen LogP contribution in [0.4, 0.5) is 0 Å². The Morgan fingerprint density at radius 1 is 1.32 bits per heavy atom. The summed E-state index contributed by atoms with van der Waals surface area (Å²) in [6.45, 7) is 3.02. The van der Waals surface area contributed by atoms with Gasteiger partial charge >= 0.3 is 0 Å². The molecule has 1 aliphatic carbocycles. The number of hydrogen-bond donors (Lipinski definition) is 3. The number of H-pyrrole nitrogens is 1. The minimum Gasteiger partial charge on any atom is -0.483 e. The van der Waals surface area contributed by atoms with Gasteiger partial charge in [0, 0.05) is 19.0 Å². The van der Waals surface area contributed by atoms with E-state index in [2.05, 4.69) is 25.4 Å². The van der Waals surface area contributed by atoms with E-state index in [1.54, 1.807) is 6.33 Å². The molecule has 1 saturated carbocycles. The van der Waals surface area contributed by atoms with Gasteiger partial charge in [0.15, 0.2) is 0 Å². The van der Waals surface area contributed by atoms with Crippen LogP contribution in [0.2, 0.25) is 0 Å². The molecule has 0 aromatic carbocycles. The van der Waals surface area contributed by atoms with E-state index in [9.17, 15) is 4.79 Å². The third-order valence-corrected chi connectivity index (χ3v) is 5.01. The summed E-state index contributed by atoms with van der Waals surface area (Å²) in [6, 6.07) is 0. The largest absolute Gasteiger partial charge is 0.483 e. The van der Waals surface area contributed by atoms with Crippen LogP contribution in [-0.2, 0) is 9.59 Å². The Kier molecular flexibility index (Phi) is 8.38. The number of carbonyl (C=O) groups excluding carboxylic acids is 1. The average molecular weight is 351 g/mol. The van der Waals surface area contributed by atoms with Gasteiger partial charge in [0.25, 0.3) is 6.47 Å². The topological polar surface area (TPSA) is 111 Å². The molecular weight excluding hydrogens is 322 g/mol. The highest BCUT2D eigenvalue weighted by Gasteiger charge is 2.24. The van der Waals surface area contributed by atoms with Crippen LogP contribution in [0.15, 0.2) is 6.33 Å². The summed E-state index contributed by atoms with van der Waals surface area (Å²) < 4.78 is 0. The standard InChI is InChI=1S/C16H27N5O.CH2O2/c22-15(17-9-13-5-2-1-3-6-13)11-21-8-4-7-14(10-21)16-18-12-19-20-16;2-1-3/h12-14H,1-11H2,(H,17,22)(H,18,19,20);1H,(H,2,3). The Hall–Kier alpha value is -1.96. The van der Waals surface area contributed by atoms with Gasteiger partial charge in [-0.3, -0.25) is 19.6 Å². The lowest BCUT2D eigenvalue weighted by Gasteiger charge is -2.31. The second kappa shape index (κ2) is 10.8. The van der Waals surface area contributed by atoms with E-state index in [0.29, 0.717) is 18.4 Å². The van der Waals surface area contributed by atoms with E-state index < -0.39 is 0 Å². The fourth-order valence-corrected chi connectivity index (χ4v) is 3.74. The lowest BCUT2D eigenvalue weighted by atomic mass is 9.89. The number of nitrogens with zero attached hydrogens (tertiary/aromatic N) is 3. The predicted octanol–water partition coefficient (Wildman–Crippen LogP) is 1.38. The van der Waals surface area contributed by atoms with Gasteiger partial charge in [0.1, 0.15) is 12.2 Å². The first kappa shape index (κ1) is 19.4. The number of carbonyl (C=O) groups is 2. The number of piperidine rings is 1. The monoisotopic (exact) mass is 351 g/mol. The molecule has 2 aliphatic rings. The van der Waals surface area contributed by atoms with Crippen molar-refractivity contribution in [2.45, 2.75) is 50.9 Å². The summed E-state index contributed by atoms with van der Waals surface area (Å²) in [4.78, 5) is 27.0. The molecular formula is C17H29N5O3. The van der Waals surface area contributed by atoms with Crippen molar-refractivity contribution in [1.82, 2.24) is 25.4 Å². The van der Waals surface area contributed by atoms with Gasteiger partial charge < -0.3 is 10.4 Å². The summed E-state index contributed by atoms with van der Waals surface area (Å²) in [5.41, 5.74) is 0. The van der Waals surface area contributed by atoms with Crippen LogP contribution < -0.4 is 5.32 Å². The highest BCUT2D eigenvalue weighted by Crippen LogP contribution is 2.24. The van der Waals surface area contributed by atoms with Crippen LogP contribution in [0.1, 0.15) is 56.7 Å². The van der Waals surface area contributed by atoms with E-state index in [4.69, 9.17) is 9.90 Å². The number of likely N-dealkylation sites (tertiary alicyclic amines) is 1. The van der Waals surface area contributed by atoms with Crippen molar-refractivity contribution < 1.29 is 14.7 Å². The first-order valence-electron chi connectivity index (χ1n) is 9.15. The Morgan fingerprint density at radius 2 is 2.08 bits per heavy atom. The Morgan fingerprint density at radius 3 is 2.76 bits per heavy atom. The molecule has 1 unspecified atom stereocenters. The molecule has 1 saturated heterocycles. The molecule has 3 rings (SSSR count). The van der Waals surface area contributed by atoms with Crippen LogP contribution in [0, 0.1) is 5.92 Å². The van der Waals surface area contributed by atoms with Crippen molar-refractivity contribution in [3.8, 4) is 0 Å². The van der Waals surface area contributed by atoms with Gasteiger partial charge in [-0.15, -0.1) is 0 Å². The zero-order chi connectivity index (χ0) is 17.9. The van der Waals surface area contributed by atoms with Crippen molar-refractivity contribution in [2.75, 3.05) is 26.2 Å². The Bertz CT molecular complexity index is 502. The summed E-state index contributed by atoms with van der Waals surface area (Å²) in [5.74, 6) is 2.19. The quantitative estimate of drug-likeness (QED) is 0.691. The summed E-state index contributed by atoms with van der Waals surface area (Å²) in [6.07, 6.45) is 10.4. The number of rotatable bonds is 5. The smallest absolute Gasteiger partial charge is 0.290 e. The SMILES string of the molecule is O=C(CN1CCCC(c2ncn[nH]2)C1)NCC1CCCCC1.O=CO. The lowest BCUT2D eigenvalue weighted by Crippen LogP contribution is -2.43. The zero-order valence-electron chi connectivity index (χ0n) is 14.7. The van der Waals surface area contributed by atoms with Crippen LogP contribution in [0.5, 0.6) is 0 Å². The summed E-state index contributed by atoms with van der Waals surface area (Å²) in [7, 11) is 0. The van der Waals surface area contributed by atoms with Gasteiger partial charge in [-0.1, -0.05) is 19.3 Å². The lowest BCUT2D eigenvalue weighted by molar-refractivity contribution is -0.123. The molecule has 0 spiro atoms. The summed E-state index contributed by atoms with van der Waals surface area (Å²) >= 11 is 0. The van der Waals surface area contributed by atoms with Gasteiger partial charge in [-0.25, -0.2) is 4.98 Å². The van der Waals surface area contributed by atoms with Crippen molar-refractivity contribution in [1.29, 1.82) is 0 Å². The number of carboxylic acid groups (broad SMARTS) is 1. The molecule has 140 valence electrons. The molecule has 0 bridgehead atoms. The summed E-state index contributed by atoms with van der Waals surface area (Å²) in [5, 5.41) is 16.9. The third-order valence-electron chi connectivity index (χ3n) is 5.01. The van der Waals surface area contributed by atoms with Gasteiger partial charge in [-0.05, 0) is 38.1 Å². The minimum absolute atomic E-state index is 0.170. The molecule has 3 N–H and O–H groups in total. The number of aromatic nitrogens is 3. The van der Waals surface area contributed by atoms with Crippen LogP contribution in [-0.4, -0.2) is 63.7 Å². The molecule has 1 aromatic rings. The second-order valence-corrected chi connectivity index (χ2v) is 6.86. The highest BCUT2D eigenvalue weighted by molar-refractivity contribution is 5.78. The maximum absolute atomic E-state index is 12.2. The second-order valence-electron chi connectivity index (χ2n) is 6.86. The van der Waals surface area contributed by atoms with Crippen LogP contribution in [0.25, 0.3) is 0 Å². The molecule has 1 aromatic heterocycles. The van der Waals surface area contributed by atoms with E-state index >= 15 is 0 Å². The van der Waals surface area contributed by atoms with Gasteiger partial charge in [0.2, 0.25) is 5.91 Å². The number of amides is 1. The first-order chi connectivity index (χ1) is 12.2. The zero-order valence-corrected chi connectivity index (χ0v) is 14.7. The Balaban J connectivity index is 0.000000701. The fourth-order valence-electron chi connectivity index (χ4n) is 3.74. The molecule has 1 atom stereocenters. The molecule has 8 heteroatoms. The first-order valence-corrected chi connectivity index (χ1v) is 9.15. The molecule has 1 amide bonds. The predicted molar refractivity (Wildman–Crippen MR) is 93.1 cm³/mol. The third kappa shape index (κ3) is 6.81. The molecule has 1 aliphatic heterocycles. The minimum atomic E-state index is -0.250. The molecule has 2 fully saturated rings. The van der Waals surface area contributed by atoms with E-state index in [1.165, 1.54) is 32.1 Å². The molecule has 2 heterocycles. The fraction of sp³-hybridized carbons (Fsp3) is 0.765. The molecule has 8 nitrogen and oxygen atoms in total. The normalized spacial score (nSPS) is 21.8.